The molecule has 0 saturated heterocycles. The molecule has 102 valence electrons. The Labute approximate surface area is 119 Å². The van der Waals surface area contributed by atoms with Gasteiger partial charge in [-0.25, -0.2) is 4.98 Å². The Hall–Kier alpha value is -1.02. The van der Waals surface area contributed by atoms with Gasteiger partial charge in [-0.05, 0) is 37.0 Å². The minimum Gasteiger partial charge on any atom is -0.342 e. The average molecular weight is 277 g/mol. The second-order valence-corrected chi connectivity index (χ2v) is 6.25. The lowest BCUT2D eigenvalue weighted by atomic mass is 9.86. The predicted molar refractivity (Wildman–Crippen MR) is 80.7 cm³/mol. The van der Waals surface area contributed by atoms with Crippen molar-refractivity contribution in [2.24, 2.45) is 5.92 Å². The average Bonchev–Trinajstić information content (AvgIpc) is 2.80. The summed E-state index contributed by atoms with van der Waals surface area (Å²) in [4.78, 5) is 8.09. The van der Waals surface area contributed by atoms with Crippen LogP contribution in [0.4, 0.5) is 0 Å². The number of hydrogen-bond donors (Lipinski definition) is 1. The molecule has 0 atom stereocenters. The summed E-state index contributed by atoms with van der Waals surface area (Å²) in [6, 6.07) is 4.06. The smallest absolute Gasteiger partial charge is 0.107 e. The summed E-state index contributed by atoms with van der Waals surface area (Å²) in [6.07, 6.45) is 9.41. The van der Waals surface area contributed by atoms with Crippen LogP contribution in [0, 0.1) is 12.8 Å². The van der Waals surface area contributed by atoms with Gasteiger partial charge in [0.25, 0.3) is 0 Å². The highest BCUT2D eigenvalue weighted by molar-refractivity contribution is 6.32. The van der Waals surface area contributed by atoms with Gasteiger partial charge < -0.3 is 4.98 Å². The molecule has 0 unspecified atom stereocenters. The lowest BCUT2D eigenvalue weighted by molar-refractivity contribution is 0.337. The van der Waals surface area contributed by atoms with E-state index >= 15 is 0 Å². The molecule has 1 aliphatic carbocycles. The first kappa shape index (κ1) is 13.0. The lowest BCUT2D eigenvalue weighted by Crippen LogP contribution is -2.07. The molecule has 0 spiro atoms. The molecule has 1 N–H and O–H groups in total. The van der Waals surface area contributed by atoms with Gasteiger partial charge in [-0.3, -0.25) is 0 Å². The predicted octanol–water partition coefficient (Wildman–Crippen LogP) is 5.04. The number of nitrogens with one attached hydrogen (secondary N) is 1. The molecular formula is C16H21ClN2. The van der Waals surface area contributed by atoms with E-state index in [1.54, 1.807) is 0 Å². The van der Waals surface area contributed by atoms with Crippen molar-refractivity contribution >= 4 is 22.6 Å². The van der Waals surface area contributed by atoms with Crippen LogP contribution in [0.5, 0.6) is 0 Å². The number of rotatable bonds is 3. The first-order chi connectivity index (χ1) is 9.22. The van der Waals surface area contributed by atoms with E-state index in [0.29, 0.717) is 0 Å². The Morgan fingerprint density at radius 2 is 2.05 bits per heavy atom. The Balaban J connectivity index is 1.70. The number of benzene rings is 1. The highest BCUT2D eigenvalue weighted by Crippen LogP contribution is 2.28. The molecule has 1 heterocycles. The van der Waals surface area contributed by atoms with Crippen LogP contribution in [0.1, 0.15) is 49.9 Å². The van der Waals surface area contributed by atoms with Crippen LogP contribution >= 0.6 is 11.6 Å². The highest BCUT2D eigenvalue weighted by Gasteiger charge is 2.14. The molecule has 0 amide bonds. The fourth-order valence-corrected chi connectivity index (χ4v) is 3.29. The van der Waals surface area contributed by atoms with Gasteiger partial charge in [0.05, 0.1) is 11.0 Å². The van der Waals surface area contributed by atoms with E-state index < -0.39 is 0 Å². The van der Waals surface area contributed by atoms with E-state index in [0.717, 1.165) is 39.8 Å². The summed E-state index contributed by atoms with van der Waals surface area (Å²) in [5.41, 5.74) is 3.21. The van der Waals surface area contributed by atoms with Gasteiger partial charge in [-0.1, -0.05) is 43.7 Å². The fourth-order valence-electron chi connectivity index (χ4n) is 3.13. The number of fused-ring (bicyclic) bond motifs is 1. The maximum atomic E-state index is 6.14. The summed E-state index contributed by atoms with van der Waals surface area (Å²) in [5, 5.41) is 0.804. The first-order valence-corrected chi connectivity index (χ1v) is 7.75. The number of halogens is 1. The topological polar surface area (TPSA) is 28.7 Å². The van der Waals surface area contributed by atoms with Crippen LogP contribution in [-0.2, 0) is 6.42 Å². The van der Waals surface area contributed by atoms with Gasteiger partial charge in [0, 0.05) is 11.4 Å². The molecular weight excluding hydrogens is 256 g/mol. The van der Waals surface area contributed by atoms with E-state index in [2.05, 4.69) is 16.0 Å². The highest BCUT2D eigenvalue weighted by atomic mass is 35.5. The number of aryl methyl sites for hydroxylation is 2. The van der Waals surface area contributed by atoms with E-state index in [9.17, 15) is 0 Å². The second-order valence-electron chi connectivity index (χ2n) is 5.84. The van der Waals surface area contributed by atoms with E-state index in [4.69, 9.17) is 11.6 Å². The minimum absolute atomic E-state index is 0.804. The summed E-state index contributed by atoms with van der Waals surface area (Å²) in [6.45, 7) is 2.03. The van der Waals surface area contributed by atoms with Crippen molar-refractivity contribution in [3.8, 4) is 0 Å². The molecule has 1 aromatic carbocycles. The third-order valence-electron chi connectivity index (χ3n) is 4.33. The quantitative estimate of drug-likeness (QED) is 0.836. The number of H-pyrrole nitrogens is 1. The van der Waals surface area contributed by atoms with Gasteiger partial charge in [-0.15, -0.1) is 0 Å². The van der Waals surface area contributed by atoms with Crippen molar-refractivity contribution in [2.45, 2.75) is 51.9 Å². The molecule has 2 aromatic rings. The second kappa shape index (κ2) is 5.54. The van der Waals surface area contributed by atoms with Crippen LogP contribution in [0.3, 0.4) is 0 Å². The van der Waals surface area contributed by atoms with E-state index in [-0.39, 0.29) is 0 Å². The SMILES string of the molecule is Cc1cc2[nH]c(CCC3CCCCC3)nc2cc1Cl. The molecule has 1 saturated carbocycles. The molecule has 19 heavy (non-hydrogen) atoms. The van der Waals surface area contributed by atoms with E-state index in [1.165, 1.54) is 38.5 Å². The van der Waals surface area contributed by atoms with Crippen molar-refractivity contribution in [1.82, 2.24) is 9.97 Å². The van der Waals surface area contributed by atoms with Gasteiger partial charge >= 0.3 is 0 Å². The van der Waals surface area contributed by atoms with Gasteiger partial charge in [0.2, 0.25) is 0 Å². The van der Waals surface area contributed by atoms with Crippen LogP contribution in [0.15, 0.2) is 12.1 Å². The van der Waals surface area contributed by atoms with Gasteiger partial charge in [0.15, 0.2) is 0 Å². The molecule has 3 rings (SSSR count). The zero-order chi connectivity index (χ0) is 13.2. The van der Waals surface area contributed by atoms with Crippen molar-refractivity contribution in [1.29, 1.82) is 0 Å². The summed E-state index contributed by atoms with van der Waals surface area (Å²) >= 11 is 6.14. The molecule has 0 radical (unpaired) electrons. The van der Waals surface area contributed by atoms with Crippen LogP contribution < -0.4 is 0 Å². The number of aromatic nitrogens is 2. The third-order valence-corrected chi connectivity index (χ3v) is 4.73. The Kier molecular flexibility index (Phi) is 3.79. The molecule has 1 aliphatic rings. The maximum absolute atomic E-state index is 6.14. The minimum atomic E-state index is 0.804. The largest absolute Gasteiger partial charge is 0.342 e. The van der Waals surface area contributed by atoms with Gasteiger partial charge in [-0.2, -0.15) is 0 Å². The Bertz CT molecular complexity index is 528. The molecule has 0 aliphatic heterocycles. The van der Waals surface area contributed by atoms with Crippen molar-refractivity contribution in [2.75, 3.05) is 0 Å². The number of imidazole rings is 1. The standard InChI is InChI=1S/C16H21ClN2/c1-11-9-14-15(10-13(11)17)19-16(18-14)8-7-12-5-3-2-4-6-12/h9-10,12H,2-8H2,1H3,(H,18,19). The van der Waals surface area contributed by atoms with Crippen molar-refractivity contribution in [3.05, 3.63) is 28.5 Å². The maximum Gasteiger partial charge on any atom is 0.107 e. The molecule has 1 fully saturated rings. The molecule has 2 nitrogen and oxygen atoms in total. The van der Waals surface area contributed by atoms with Crippen LogP contribution in [-0.4, -0.2) is 9.97 Å². The van der Waals surface area contributed by atoms with E-state index in [1.807, 2.05) is 13.0 Å². The summed E-state index contributed by atoms with van der Waals surface area (Å²) < 4.78 is 0. The summed E-state index contributed by atoms with van der Waals surface area (Å²) in [7, 11) is 0. The number of aromatic amines is 1. The molecule has 0 bridgehead atoms. The van der Waals surface area contributed by atoms with Crippen LogP contribution in [0.25, 0.3) is 11.0 Å². The zero-order valence-electron chi connectivity index (χ0n) is 11.5. The normalized spacial score (nSPS) is 17.2. The van der Waals surface area contributed by atoms with Crippen LogP contribution in [0.2, 0.25) is 5.02 Å². The number of nitrogens with zero attached hydrogens (tertiary/aromatic N) is 1. The molecule has 1 aromatic heterocycles. The number of hydrogen-bond acceptors (Lipinski definition) is 1. The fraction of sp³-hybridized carbons (Fsp3) is 0.562. The zero-order valence-corrected chi connectivity index (χ0v) is 12.3. The summed E-state index contributed by atoms with van der Waals surface area (Å²) in [5.74, 6) is 2.02. The molecule has 3 heteroatoms. The van der Waals surface area contributed by atoms with Crippen molar-refractivity contribution < 1.29 is 0 Å². The lowest BCUT2D eigenvalue weighted by Gasteiger charge is -2.20. The Morgan fingerprint density at radius 1 is 1.26 bits per heavy atom. The van der Waals surface area contributed by atoms with Gasteiger partial charge in [0.1, 0.15) is 5.82 Å². The van der Waals surface area contributed by atoms with Crippen molar-refractivity contribution in [3.63, 3.8) is 0 Å². The third kappa shape index (κ3) is 2.94. The monoisotopic (exact) mass is 276 g/mol. The first-order valence-electron chi connectivity index (χ1n) is 7.37. The Morgan fingerprint density at radius 3 is 2.84 bits per heavy atom.